The Balaban J connectivity index is 1.98. The number of amides is 2. The SMILES string of the molecule is CCCC(C(=O)NNC(=O)c1ccc[nH]1)c1ccccc1. The quantitative estimate of drug-likeness (QED) is 0.738. The Labute approximate surface area is 123 Å². The monoisotopic (exact) mass is 285 g/mol. The third-order valence-corrected chi connectivity index (χ3v) is 3.24. The number of H-pyrrole nitrogens is 1. The lowest BCUT2D eigenvalue weighted by atomic mass is 9.94. The van der Waals surface area contributed by atoms with Gasteiger partial charge in [-0.25, -0.2) is 0 Å². The van der Waals surface area contributed by atoms with Gasteiger partial charge in [-0.1, -0.05) is 43.7 Å². The Morgan fingerprint density at radius 2 is 1.86 bits per heavy atom. The number of carbonyl (C=O) groups is 2. The molecule has 0 saturated carbocycles. The van der Waals surface area contributed by atoms with Crippen molar-refractivity contribution in [1.29, 1.82) is 0 Å². The van der Waals surface area contributed by atoms with Gasteiger partial charge >= 0.3 is 0 Å². The summed E-state index contributed by atoms with van der Waals surface area (Å²) in [7, 11) is 0. The number of aromatic nitrogens is 1. The Hall–Kier alpha value is -2.56. The van der Waals surface area contributed by atoms with E-state index in [1.165, 1.54) is 0 Å². The van der Waals surface area contributed by atoms with Gasteiger partial charge in [-0.2, -0.15) is 0 Å². The number of rotatable bonds is 5. The van der Waals surface area contributed by atoms with Crippen molar-refractivity contribution < 1.29 is 9.59 Å². The van der Waals surface area contributed by atoms with Crippen molar-refractivity contribution in [3.05, 3.63) is 59.9 Å². The fourth-order valence-corrected chi connectivity index (χ4v) is 2.17. The zero-order valence-corrected chi connectivity index (χ0v) is 11.9. The van der Waals surface area contributed by atoms with Crippen LogP contribution in [0.15, 0.2) is 48.7 Å². The van der Waals surface area contributed by atoms with E-state index in [2.05, 4.69) is 15.8 Å². The second-order valence-electron chi connectivity index (χ2n) is 4.78. The number of carbonyl (C=O) groups excluding carboxylic acids is 2. The van der Waals surface area contributed by atoms with Crippen molar-refractivity contribution in [2.45, 2.75) is 25.7 Å². The third-order valence-electron chi connectivity index (χ3n) is 3.24. The van der Waals surface area contributed by atoms with Crippen LogP contribution in [0.4, 0.5) is 0 Å². The summed E-state index contributed by atoms with van der Waals surface area (Å²) < 4.78 is 0. The smallest absolute Gasteiger partial charge is 0.286 e. The lowest BCUT2D eigenvalue weighted by Crippen LogP contribution is -2.44. The maximum Gasteiger partial charge on any atom is 0.286 e. The first kappa shape index (κ1) is 14.8. The molecule has 21 heavy (non-hydrogen) atoms. The van der Waals surface area contributed by atoms with Gasteiger partial charge in [-0.3, -0.25) is 20.4 Å². The van der Waals surface area contributed by atoms with Crippen LogP contribution < -0.4 is 10.9 Å². The number of aromatic amines is 1. The van der Waals surface area contributed by atoms with E-state index >= 15 is 0 Å². The van der Waals surface area contributed by atoms with Gasteiger partial charge in [0, 0.05) is 6.20 Å². The average Bonchev–Trinajstić information content (AvgIpc) is 3.05. The van der Waals surface area contributed by atoms with E-state index in [1.54, 1.807) is 18.3 Å². The molecule has 2 amide bonds. The highest BCUT2D eigenvalue weighted by Crippen LogP contribution is 2.20. The standard InChI is InChI=1S/C16H19N3O2/c1-2-7-13(12-8-4-3-5-9-12)15(20)18-19-16(21)14-10-6-11-17-14/h3-6,8-11,13,17H,2,7H2,1H3,(H,18,20)(H,19,21). The second-order valence-corrected chi connectivity index (χ2v) is 4.78. The summed E-state index contributed by atoms with van der Waals surface area (Å²) >= 11 is 0. The fourth-order valence-electron chi connectivity index (χ4n) is 2.17. The van der Waals surface area contributed by atoms with E-state index < -0.39 is 0 Å². The van der Waals surface area contributed by atoms with Crippen LogP contribution in [-0.2, 0) is 4.79 Å². The summed E-state index contributed by atoms with van der Waals surface area (Å²) in [6, 6.07) is 12.9. The van der Waals surface area contributed by atoms with Crippen LogP contribution in [0.2, 0.25) is 0 Å². The topological polar surface area (TPSA) is 74.0 Å². The van der Waals surface area contributed by atoms with Crippen LogP contribution in [0.25, 0.3) is 0 Å². The first-order valence-electron chi connectivity index (χ1n) is 7.01. The summed E-state index contributed by atoms with van der Waals surface area (Å²) in [6.45, 7) is 2.03. The molecule has 0 saturated heterocycles. The number of benzene rings is 1. The molecule has 5 heteroatoms. The van der Waals surface area contributed by atoms with Crippen LogP contribution in [0.5, 0.6) is 0 Å². The highest BCUT2D eigenvalue weighted by atomic mass is 16.2. The Morgan fingerprint density at radius 3 is 2.48 bits per heavy atom. The molecule has 2 aromatic rings. The van der Waals surface area contributed by atoms with E-state index in [0.29, 0.717) is 5.69 Å². The molecule has 1 aromatic heterocycles. The summed E-state index contributed by atoms with van der Waals surface area (Å²) in [6.07, 6.45) is 3.27. The van der Waals surface area contributed by atoms with Gasteiger partial charge in [0.05, 0.1) is 5.92 Å². The van der Waals surface area contributed by atoms with Crippen LogP contribution in [-0.4, -0.2) is 16.8 Å². The summed E-state index contributed by atoms with van der Waals surface area (Å²) in [4.78, 5) is 26.8. The molecule has 1 aromatic carbocycles. The van der Waals surface area contributed by atoms with Crippen LogP contribution in [0, 0.1) is 0 Å². The molecule has 0 fully saturated rings. The molecule has 0 aliphatic rings. The average molecular weight is 285 g/mol. The molecule has 0 bridgehead atoms. The van der Waals surface area contributed by atoms with Gasteiger partial charge in [-0.05, 0) is 24.1 Å². The minimum absolute atomic E-state index is 0.206. The number of hydrogen-bond donors (Lipinski definition) is 3. The lowest BCUT2D eigenvalue weighted by Gasteiger charge is -2.16. The van der Waals surface area contributed by atoms with Gasteiger partial charge in [0.2, 0.25) is 5.91 Å². The second kappa shape index (κ2) is 7.28. The molecule has 0 aliphatic carbocycles. The summed E-state index contributed by atoms with van der Waals surface area (Å²) in [5.41, 5.74) is 6.27. The van der Waals surface area contributed by atoms with E-state index in [4.69, 9.17) is 0 Å². The van der Waals surface area contributed by atoms with Crippen molar-refractivity contribution in [2.75, 3.05) is 0 Å². The Morgan fingerprint density at radius 1 is 1.10 bits per heavy atom. The van der Waals surface area contributed by atoms with Gasteiger partial charge in [0.25, 0.3) is 5.91 Å². The fraction of sp³-hybridized carbons (Fsp3) is 0.250. The molecule has 3 N–H and O–H groups in total. The van der Waals surface area contributed by atoms with E-state index in [9.17, 15) is 9.59 Å². The number of hydrazine groups is 1. The minimum atomic E-state index is -0.364. The largest absolute Gasteiger partial charge is 0.357 e. The first-order chi connectivity index (χ1) is 10.2. The molecule has 5 nitrogen and oxygen atoms in total. The van der Waals surface area contributed by atoms with Crippen LogP contribution >= 0.6 is 0 Å². The Bertz CT molecular complexity index is 579. The maximum atomic E-state index is 12.3. The molecule has 0 spiro atoms. The molecule has 1 heterocycles. The van der Waals surface area contributed by atoms with Crippen molar-refractivity contribution in [3.63, 3.8) is 0 Å². The Kier molecular flexibility index (Phi) is 5.15. The molecular weight excluding hydrogens is 266 g/mol. The molecule has 0 radical (unpaired) electrons. The third kappa shape index (κ3) is 3.95. The summed E-state index contributed by atoms with van der Waals surface area (Å²) in [5.74, 6) is -0.834. The zero-order chi connectivity index (χ0) is 15.1. The predicted molar refractivity (Wildman–Crippen MR) is 80.5 cm³/mol. The first-order valence-corrected chi connectivity index (χ1v) is 7.01. The van der Waals surface area contributed by atoms with Crippen LogP contribution in [0.3, 0.4) is 0 Å². The van der Waals surface area contributed by atoms with Crippen molar-refractivity contribution in [2.24, 2.45) is 0 Å². The van der Waals surface area contributed by atoms with Gasteiger partial charge < -0.3 is 4.98 Å². The molecule has 2 rings (SSSR count). The molecular formula is C16H19N3O2. The predicted octanol–water partition coefficient (Wildman–Crippen LogP) is 2.36. The van der Waals surface area contributed by atoms with E-state index in [1.807, 2.05) is 37.3 Å². The molecule has 1 atom stereocenters. The lowest BCUT2D eigenvalue weighted by molar-refractivity contribution is -0.123. The van der Waals surface area contributed by atoms with Gasteiger partial charge in [0.15, 0.2) is 0 Å². The normalized spacial score (nSPS) is 11.7. The van der Waals surface area contributed by atoms with Crippen molar-refractivity contribution in [3.8, 4) is 0 Å². The van der Waals surface area contributed by atoms with Crippen molar-refractivity contribution in [1.82, 2.24) is 15.8 Å². The van der Waals surface area contributed by atoms with Gasteiger partial charge in [-0.15, -0.1) is 0 Å². The zero-order valence-electron chi connectivity index (χ0n) is 11.9. The van der Waals surface area contributed by atoms with E-state index in [0.717, 1.165) is 18.4 Å². The maximum absolute atomic E-state index is 12.3. The molecule has 1 unspecified atom stereocenters. The highest BCUT2D eigenvalue weighted by Gasteiger charge is 2.20. The minimum Gasteiger partial charge on any atom is -0.357 e. The molecule has 110 valence electrons. The number of nitrogens with one attached hydrogen (secondary N) is 3. The van der Waals surface area contributed by atoms with E-state index in [-0.39, 0.29) is 17.7 Å². The summed E-state index contributed by atoms with van der Waals surface area (Å²) in [5, 5.41) is 0. The van der Waals surface area contributed by atoms with Crippen molar-refractivity contribution >= 4 is 11.8 Å². The molecule has 0 aliphatic heterocycles. The van der Waals surface area contributed by atoms with Gasteiger partial charge in [0.1, 0.15) is 5.69 Å². The number of hydrogen-bond acceptors (Lipinski definition) is 2. The van der Waals surface area contributed by atoms with Crippen LogP contribution in [0.1, 0.15) is 41.7 Å². The highest BCUT2D eigenvalue weighted by molar-refractivity contribution is 5.94.